The van der Waals surface area contributed by atoms with Crippen molar-refractivity contribution in [2.75, 3.05) is 29.9 Å². The molecule has 10 heteroatoms. The van der Waals surface area contributed by atoms with Crippen molar-refractivity contribution in [3.05, 3.63) is 59.7 Å². The van der Waals surface area contributed by atoms with Gasteiger partial charge in [-0.3, -0.25) is 14.5 Å². The average molecular weight is 407 g/mol. The first-order valence-corrected chi connectivity index (χ1v) is 8.54. The Morgan fingerprint density at radius 3 is 2.45 bits per heavy atom. The zero-order valence-electron chi connectivity index (χ0n) is 15.0. The zero-order valence-corrected chi connectivity index (χ0v) is 15.0. The fourth-order valence-electron chi connectivity index (χ4n) is 2.66. The van der Waals surface area contributed by atoms with Gasteiger partial charge in [0, 0.05) is 16.9 Å². The SMILES string of the molecule is O=C(CNC(=O)c1ccc(C(F)(F)F)cc1)Nc1cccc(N2CCOC2=O)c1. The molecule has 1 aliphatic rings. The van der Waals surface area contributed by atoms with E-state index in [-0.39, 0.29) is 18.7 Å². The number of carbonyl (C=O) groups is 3. The van der Waals surface area contributed by atoms with Gasteiger partial charge in [0.15, 0.2) is 0 Å². The Balaban J connectivity index is 1.55. The molecule has 1 aliphatic heterocycles. The van der Waals surface area contributed by atoms with Gasteiger partial charge in [-0.2, -0.15) is 13.2 Å². The Bertz CT molecular complexity index is 929. The molecule has 3 amide bonds. The molecular weight excluding hydrogens is 391 g/mol. The Labute approximate surface area is 163 Å². The summed E-state index contributed by atoms with van der Waals surface area (Å²) < 4.78 is 42.5. The molecule has 0 aliphatic carbocycles. The highest BCUT2D eigenvalue weighted by Crippen LogP contribution is 2.29. The number of anilines is 2. The first kappa shape index (κ1) is 20.2. The van der Waals surface area contributed by atoms with Crippen LogP contribution in [0.4, 0.5) is 29.3 Å². The lowest BCUT2D eigenvalue weighted by atomic mass is 10.1. The summed E-state index contributed by atoms with van der Waals surface area (Å²) in [6.45, 7) is 0.306. The zero-order chi connectivity index (χ0) is 21.0. The number of carbonyl (C=O) groups excluding carboxylic acids is 3. The highest BCUT2D eigenvalue weighted by atomic mass is 19.4. The number of hydrogen-bond donors (Lipinski definition) is 2. The molecule has 2 N–H and O–H groups in total. The van der Waals surface area contributed by atoms with E-state index in [1.54, 1.807) is 24.3 Å². The van der Waals surface area contributed by atoms with Crippen LogP contribution in [0, 0.1) is 0 Å². The average Bonchev–Trinajstić information content (AvgIpc) is 3.12. The monoisotopic (exact) mass is 407 g/mol. The van der Waals surface area contributed by atoms with Crippen molar-refractivity contribution in [3.63, 3.8) is 0 Å². The molecule has 3 rings (SSSR count). The van der Waals surface area contributed by atoms with E-state index < -0.39 is 29.6 Å². The molecule has 0 spiro atoms. The number of benzene rings is 2. The summed E-state index contributed by atoms with van der Waals surface area (Å²) in [4.78, 5) is 37.1. The van der Waals surface area contributed by atoms with Gasteiger partial charge in [0.1, 0.15) is 6.61 Å². The molecular formula is C19H16F3N3O4. The van der Waals surface area contributed by atoms with Crippen molar-refractivity contribution in [2.24, 2.45) is 0 Å². The summed E-state index contributed by atoms with van der Waals surface area (Å²) in [7, 11) is 0. The molecule has 0 unspecified atom stereocenters. The van der Waals surface area contributed by atoms with Crippen LogP contribution in [0.3, 0.4) is 0 Å². The second-order valence-corrected chi connectivity index (χ2v) is 6.12. The fourth-order valence-corrected chi connectivity index (χ4v) is 2.66. The summed E-state index contributed by atoms with van der Waals surface area (Å²) >= 11 is 0. The van der Waals surface area contributed by atoms with Crippen LogP contribution >= 0.6 is 0 Å². The van der Waals surface area contributed by atoms with Gasteiger partial charge in [0.25, 0.3) is 5.91 Å². The van der Waals surface area contributed by atoms with Crippen LogP contribution in [-0.2, 0) is 15.7 Å². The molecule has 2 aromatic rings. The van der Waals surface area contributed by atoms with E-state index in [1.165, 1.54) is 4.90 Å². The first-order valence-electron chi connectivity index (χ1n) is 8.54. The number of rotatable bonds is 5. The van der Waals surface area contributed by atoms with Crippen molar-refractivity contribution in [2.45, 2.75) is 6.18 Å². The van der Waals surface area contributed by atoms with Gasteiger partial charge in [-0.1, -0.05) is 6.07 Å². The van der Waals surface area contributed by atoms with Gasteiger partial charge in [-0.05, 0) is 42.5 Å². The number of ether oxygens (including phenoxy) is 1. The lowest BCUT2D eigenvalue weighted by molar-refractivity contribution is -0.137. The molecule has 7 nitrogen and oxygen atoms in total. The van der Waals surface area contributed by atoms with E-state index in [9.17, 15) is 27.6 Å². The van der Waals surface area contributed by atoms with Gasteiger partial charge in [0.2, 0.25) is 5.91 Å². The van der Waals surface area contributed by atoms with Crippen LogP contribution in [0.25, 0.3) is 0 Å². The highest BCUT2D eigenvalue weighted by molar-refractivity contribution is 5.99. The van der Waals surface area contributed by atoms with Gasteiger partial charge in [0.05, 0.1) is 18.7 Å². The summed E-state index contributed by atoms with van der Waals surface area (Å²) in [6, 6.07) is 10.2. The molecule has 0 aromatic heterocycles. The van der Waals surface area contributed by atoms with Crippen LogP contribution in [0.2, 0.25) is 0 Å². The standard InChI is InChI=1S/C19H16F3N3O4/c20-19(21,22)13-6-4-12(5-7-13)17(27)23-11-16(26)24-14-2-1-3-15(10-14)25-8-9-29-18(25)28/h1-7,10H,8-9,11H2,(H,23,27)(H,24,26). The van der Waals surface area contributed by atoms with Gasteiger partial charge in [-0.25, -0.2) is 4.79 Å². The molecule has 0 radical (unpaired) electrons. The van der Waals surface area contributed by atoms with Crippen molar-refractivity contribution in [3.8, 4) is 0 Å². The third-order valence-corrected chi connectivity index (χ3v) is 4.09. The topological polar surface area (TPSA) is 87.7 Å². The van der Waals surface area contributed by atoms with Crippen LogP contribution in [0.5, 0.6) is 0 Å². The van der Waals surface area contributed by atoms with Crippen molar-refractivity contribution < 1.29 is 32.3 Å². The summed E-state index contributed by atoms with van der Waals surface area (Å²) in [5, 5.41) is 4.91. The molecule has 1 heterocycles. The molecule has 1 fully saturated rings. The summed E-state index contributed by atoms with van der Waals surface area (Å²) in [5.74, 6) is -1.21. The number of halogens is 3. The number of cyclic esters (lactones) is 1. The van der Waals surface area contributed by atoms with Crippen LogP contribution in [0.1, 0.15) is 15.9 Å². The minimum Gasteiger partial charge on any atom is -0.447 e. The summed E-state index contributed by atoms with van der Waals surface area (Å²) in [5.41, 5.74) is 0.101. The molecule has 29 heavy (non-hydrogen) atoms. The fraction of sp³-hybridized carbons (Fsp3) is 0.211. The highest BCUT2D eigenvalue weighted by Gasteiger charge is 2.30. The minimum absolute atomic E-state index is 0.000318. The number of hydrogen-bond acceptors (Lipinski definition) is 4. The minimum atomic E-state index is -4.49. The maximum absolute atomic E-state index is 12.5. The predicted octanol–water partition coefficient (Wildman–Crippen LogP) is 3.03. The Kier molecular flexibility index (Phi) is 5.71. The maximum atomic E-state index is 12.5. The van der Waals surface area contributed by atoms with E-state index >= 15 is 0 Å². The van der Waals surface area contributed by atoms with E-state index in [0.717, 1.165) is 24.3 Å². The van der Waals surface area contributed by atoms with E-state index in [0.29, 0.717) is 17.9 Å². The Hall–Kier alpha value is -3.56. The van der Waals surface area contributed by atoms with E-state index in [1.807, 2.05) is 0 Å². The predicted molar refractivity (Wildman–Crippen MR) is 97.5 cm³/mol. The molecule has 2 aromatic carbocycles. The molecule has 0 bridgehead atoms. The number of nitrogens with one attached hydrogen (secondary N) is 2. The van der Waals surface area contributed by atoms with Crippen molar-refractivity contribution in [1.29, 1.82) is 0 Å². The van der Waals surface area contributed by atoms with E-state index in [2.05, 4.69) is 10.6 Å². The van der Waals surface area contributed by atoms with Crippen LogP contribution in [-0.4, -0.2) is 37.6 Å². The van der Waals surface area contributed by atoms with Crippen molar-refractivity contribution in [1.82, 2.24) is 5.32 Å². The van der Waals surface area contributed by atoms with Crippen LogP contribution < -0.4 is 15.5 Å². The Morgan fingerprint density at radius 2 is 1.83 bits per heavy atom. The summed E-state index contributed by atoms with van der Waals surface area (Å²) in [6.07, 6.45) is -4.97. The number of amides is 3. The van der Waals surface area contributed by atoms with Crippen molar-refractivity contribution >= 4 is 29.3 Å². The van der Waals surface area contributed by atoms with E-state index in [4.69, 9.17) is 4.74 Å². The van der Waals surface area contributed by atoms with Gasteiger partial charge < -0.3 is 15.4 Å². The second-order valence-electron chi connectivity index (χ2n) is 6.12. The third-order valence-electron chi connectivity index (χ3n) is 4.09. The number of nitrogens with zero attached hydrogens (tertiary/aromatic N) is 1. The molecule has 0 atom stereocenters. The molecule has 1 saturated heterocycles. The Morgan fingerprint density at radius 1 is 1.10 bits per heavy atom. The lowest BCUT2D eigenvalue weighted by Gasteiger charge is -2.14. The quantitative estimate of drug-likeness (QED) is 0.798. The lowest BCUT2D eigenvalue weighted by Crippen LogP contribution is -2.33. The van der Waals surface area contributed by atoms with Gasteiger partial charge in [-0.15, -0.1) is 0 Å². The number of alkyl halides is 3. The van der Waals surface area contributed by atoms with Gasteiger partial charge >= 0.3 is 12.3 Å². The third kappa shape index (κ3) is 5.03. The molecule has 0 saturated carbocycles. The van der Waals surface area contributed by atoms with Crippen LogP contribution in [0.15, 0.2) is 48.5 Å². The first-order chi connectivity index (χ1) is 13.7. The smallest absolute Gasteiger partial charge is 0.416 e. The normalized spacial score (nSPS) is 13.8. The molecule has 152 valence electrons. The second kappa shape index (κ2) is 8.21. The maximum Gasteiger partial charge on any atom is 0.416 e. The largest absolute Gasteiger partial charge is 0.447 e.